The van der Waals surface area contributed by atoms with Gasteiger partial charge in [-0.15, -0.1) is 0 Å². The lowest BCUT2D eigenvalue weighted by molar-refractivity contribution is -0.0515. The quantitative estimate of drug-likeness (QED) is 0.788. The highest BCUT2D eigenvalue weighted by Crippen LogP contribution is 2.33. The third-order valence-electron chi connectivity index (χ3n) is 3.89. The summed E-state index contributed by atoms with van der Waals surface area (Å²) in [6.07, 6.45) is 0. The van der Waals surface area contributed by atoms with Crippen LogP contribution in [0.4, 0.5) is 8.78 Å². The zero-order chi connectivity index (χ0) is 18.5. The van der Waals surface area contributed by atoms with Crippen LogP contribution >= 0.6 is 0 Å². The molecule has 136 valence electrons. The minimum atomic E-state index is -3.05. The average molecular weight is 344 g/mol. The van der Waals surface area contributed by atoms with Gasteiger partial charge in [-0.05, 0) is 38.6 Å². The second kappa shape index (κ2) is 8.28. The summed E-state index contributed by atoms with van der Waals surface area (Å²) in [6, 6.07) is 4.27. The fourth-order valence-corrected chi connectivity index (χ4v) is 2.49. The van der Waals surface area contributed by atoms with Gasteiger partial charge in [0.15, 0.2) is 11.5 Å². The first-order chi connectivity index (χ1) is 11.1. The SMILES string of the molecule is COc1cccc(C(=O)NC(C)C(C)(C)CN(C)C)c1OC(F)F. The highest BCUT2D eigenvalue weighted by atomic mass is 19.3. The number of hydrogen-bond donors (Lipinski definition) is 1. The molecule has 0 aromatic heterocycles. The third-order valence-corrected chi connectivity index (χ3v) is 3.89. The number of para-hydroxylation sites is 1. The van der Waals surface area contributed by atoms with Crippen molar-refractivity contribution in [2.24, 2.45) is 5.41 Å². The first-order valence-corrected chi connectivity index (χ1v) is 7.66. The van der Waals surface area contributed by atoms with Gasteiger partial charge in [0.1, 0.15) is 0 Å². The summed E-state index contributed by atoms with van der Waals surface area (Å²) in [5.41, 5.74) is -0.191. The van der Waals surface area contributed by atoms with Crippen molar-refractivity contribution < 1.29 is 23.0 Å². The Balaban J connectivity index is 3.03. The minimum Gasteiger partial charge on any atom is -0.493 e. The van der Waals surface area contributed by atoms with Crippen LogP contribution in [0.1, 0.15) is 31.1 Å². The van der Waals surface area contributed by atoms with Crippen LogP contribution in [0.3, 0.4) is 0 Å². The Morgan fingerprint density at radius 1 is 1.33 bits per heavy atom. The lowest BCUT2D eigenvalue weighted by Crippen LogP contribution is -2.47. The molecule has 0 aliphatic carbocycles. The molecule has 0 aliphatic heterocycles. The second-order valence-corrected chi connectivity index (χ2v) is 6.64. The Kier molecular flexibility index (Phi) is 6.95. The van der Waals surface area contributed by atoms with Gasteiger partial charge in [0.25, 0.3) is 5.91 Å². The van der Waals surface area contributed by atoms with Crippen molar-refractivity contribution in [2.75, 3.05) is 27.7 Å². The number of rotatable bonds is 8. The van der Waals surface area contributed by atoms with Crippen LogP contribution in [-0.2, 0) is 0 Å². The Labute approximate surface area is 141 Å². The normalized spacial score (nSPS) is 13.1. The first kappa shape index (κ1) is 20.2. The second-order valence-electron chi connectivity index (χ2n) is 6.64. The number of nitrogens with one attached hydrogen (secondary N) is 1. The fraction of sp³-hybridized carbons (Fsp3) is 0.588. The molecule has 1 N–H and O–H groups in total. The third kappa shape index (κ3) is 5.33. The lowest BCUT2D eigenvalue weighted by atomic mass is 9.84. The van der Waals surface area contributed by atoms with Gasteiger partial charge in [-0.1, -0.05) is 19.9 Å². The molecular weight excluding hydrogens is 318 g/mol. The maximum absolute atomic E-state index is 12.7. The van der Waals surface area contributed by atoms with E-state index in [4.69, 9.17) is 4.74 Å². The summed E-state index contributed by atoms with van der Waals surface area (Å²) < 4.78 is 34.8. The zero-order valence-electron chi connectivity index (χ0n) is 15.0. The standard InChI is InChI=1S/C17H26F2N2O3/c1-11(17(2,3)10-21(4)5)20-15(22)12-8-7-9-13(23-6)14(12)24-16(18)19/h7-9,11,16H,10H2,1-6H3,(H,20,22). The first-order valence-electron chi connectivity index (χ1n) is 7.66. The zero-order valence-corrected chi connectivity index (χ0v) is 15.0. The molecule has 7 heteroatoms. The summed E-state index contributed by atoms with van der Waals surface area (Å²) >= 11 is 0. The van der Waals surface area contributed by atoms with Gasteiger partial charge in [0.2, 0.25) is 0 Å². The molecule has 0 aliphatic rings. The van der Waals surface area contributed by atoms with E-state index in [9.17, 15) is 13.6 Å². The van der Waals surface area contributed by atoms with Crippen molar-refractivity contribution in [3.8, 4) is 11.5 Å². The number of carbonyl (C=O) groups excluding carboxylic acids is 1. The van der Waals surface area contributed by atoms with Gasteiger partial charge in [0.05, 0.1) is 12.7 Å². The predicted molar refractivity (Wildman–Crippen MR) is 88.9 cm³/mol. The molecule has 24 heavy (non-hydrogen) atoms. The maximum Gasteiger partial charge on any atom is 0.387 e. The van der Waals surface area contributed by atoms with E-state index in [0.717, 1.165) is 6.54 Å². The Bertz CT molecular complexity index is 563. The van der Waals surface area contributed by atoms with Gasteiger partial charge in [-0.3, -0.25) is 4.79 Å². The molecule has 0 radical (unpaired) electrons. The number of nitrogens with zero attached hydrogens (tertiary/aromatic N) is 1. The Morgan fingerprint density at radius 2 is 1.96 bits per heavy atom. The van der Waals surface area contributed by atoms with Crippen molar-refractivity contribution in [2.45, 2.75) is 33.4 Å². The number of ether oxygens (including phenoxy) is 2. The Morgan fingerprint density at radius 3 is 2.46 bits per heavy atom. The number of alkyl halides is 2. The molecule has 0 fully saturated rings. The summed E-state index contributed by atoms with van der Waals surface area (Å²) in [6.45, 7) is 3.65. The van der Waals surface area contributed by atoms with Crippen molar-refractivity contribution in [3.63, 3.8) is 0 Å². The number of amides is 1. The smallest absolute Gasteiger partial charge is 0.387 e. The number of halogens is 2. The topological polar surface area (TPSA) is 50.8 Å². The van der Waals surface area contributed by atoms with Crippen molar-refractivity contribution in [3.05, 3.63) is 23.8 Å². The number of carbonyl (C=O) groups is 1. The fourth-order valence-electron chi connectivity index (χ4n) is 2.49. The van der Waals surface area contributed by atoms with Gasteiger partial charge in [0, 0.05) is 12.6 Å². The van der Waals surface area contributed by atoms with E-state index < -0.39 is 12.5 Å². The molecule has 5 nitrogen and oxygen atoms in total. The highest BCUT2D eigenvalue weighted by molar-refractivity contribution is 5.98. The predicted octanol–water partition coefficient (Wildman–Crippen LogP) is 3.00. The molecule has 1 unspecified atom stereocenters. The minimum absolute atomic E-state index is 0.0159. The summed E-state index contributed by atoms with van der Waals surface area (Å²) in [5, 5.41) is 2.86. The average Bonchev–Trinajstić information content (AvgIpc) is 2.45. The van der Waals surface area contributed by atoms with Gasteiger partial charge >= 0.3 is 6.61 Å². The van der Waals surface area contributed by atoms with Crippen LogP contribution < -0.4 is 14.8 Å². The van der Waals surface area contributed by atoms with E-state index in [1.807, 2.05) is 39.8 Å². The van der Waals surface area contributed by atoms with Crippen LogP contribution in [0.25, 0.3) is 0 Å². The van der Waals surface area contributed by atoms with Gasteiger partial charge in [-0.2, -0.15) is 8.78 Å². The van der Waals surface area contributed by atoms with E-state index in [1.165, 1.54) is 19.2 Å². The monoisotopic (exact) mass is 344 g/mol. The summed E-state index contributed by atoms with van der Waals surface area (Å²) in [7, 11) is 5.23. The number of hydrogen-bond acceptors (Lipinski definition) is 4. The molecule has 0 spiro atoms. The molecule has 1 amide bonds. The van der Waals surface area contributed by atoms with E-state index in [0.29, 0.717) is 0 Å². The van der Waals surface area contributed by atoms with Crippen LogP contribution in [0, 0.1) is 5.41 Å². The summed E-state index contributed by atoms with van der Waals surface area (Å²) in [5.74, 6) is -0.655. The maximum atomic E-state index is 12.7. The molecular formula is C17H26F2N2O3. The van der Waals surface area contributed by atoms with E-state index in [1.54, 1.807) is 6.07 Å². The summed E-state index contributed by atoms with van der Waals surface area (Å²) in [4.78, 5) is 14.6. The molecule has 0 heterocycles. The lowest BCUT2D eigenvalue weighted by Gasteiger charge is -2.35. The van der Waals surface area contributed by atoms with Crippen LogP contribution in [0.5, 0.6) is 11.5 Å². The molecule has 0 bridgehead atoms. The Hall–Kier alpha value is -1.89. The molecule has 0 saturated heterocycles. The largest absolute Gasteiger partial charge is 0.493 e. The van der Waals surface area contributed by atoms with Gasteiger partial charge in [-0.25, -0.2) is 0 Å². The molecule has 1 aromatic rings. The number of methoxy groups -OCH3 is 1. The van der Waals surface area contributed by atoms with Crippen LogP contribution in [-0.4, -0.2) is 51.2 Å². The van der Waals surface area contributed by atoms with Gasteiger partial charge < -0.3 is 19.7 Å². The van der Waals surface area contributed by atoms with Crippen LogP contribution in [0.15, 0.2) is 18.2 Å². The molecule has 1 rings (SSSR count). The van der Waals surface area contributed by atoms with E-state index >= 15 is 0 Å². The number of benzene rings is 1. The van der Waals surface area contributed by atoms with Crippen LogP contribution in [0.2, 0.25) is 0 Å². The van der Waals surface area contributed by atoms with Crippen molar-refractivity contribution >= 4 is 5.91 Å². The van der Waals surface area contributed by atoms with Crippen molar-refractivity contribution in [1.29, 1.82) is 0 Å². The van der Waals surface area contributed by atoms with E-state index in [-0.39, 0.29) is 28.5 Å². The molecule has 1 aromatic carbocycles. The molecule has 0 saturated carbocycles. The van der Waals surface area contributed by atoms with E-state index in [2.05, 4.69) is 10.1 Å². The molecule has 1 atom stereocenters. The van der Waals surface area contributed by atoms with Crippen molar-refractivity contribution in [1.82, 2.24) is 10.2 Å². The highest BCUT2D eigenvalue weighted by Gasteiger charge is 2.29.